The molecule has 0 saturated heterocycles. The van der Waals surface area contributed by atoms with E-state index in [4.69, 9.17) is 22.1 Å². The third-order valence-corrected chi connectivity index (χ3v) is 2.44. The molecular formula is C11H14ClF2NO. The molecule has 1 rings (SSSR count). The number of halogens is 3. The van der Waals surface area contributed by atoms with E-state index in [-0.39, 0.29) is 17.2 Å². The number of hydrogen-bond donors (Lipinski definition) is 1. The van der Waals surface area contributed by atoms with E-state index in [1.807, 2.05) is 0 Å². The zero-order valence-electron chi connectivity index (χ0n) is 8.97. The standard InChI is InChI=1S/C11H14ClF2NO/c1-2-16-11-8(12)5-7(6-9(11)14)10(15)3-4-13/h5-6,10H,2-4,15H2,1H3/t10-/m1/s1. The van der Waals surface area contributed by atoms with Crippen molar-refractivity contribution in [2.45, 2.75) is 19.4 Å². The Hall–Kier alpha value is -0.870. The maximum Gasteiger partial charge on any atom is 0.173 e. The molecule has 0 fully saturated rings. The third-order valence-electron chi connectivity index (χ3n) is 2.16. The Bertz CT molecular complexity index is 337. The smallest absolute Gasteiger partial charge is 0.173 e. The molecule has 2 nitrogen and oxygen atoms in total. The van der Waals surface area contributed by atoms with E-state index in [2.05, 4.69) is 0 Å². The molecule has 0 spiro atoms. The molecule has 0 unspecified atom stereocenters. The van der Waals surface area contributed by atoms with Crippen molar-refractivity contribution in [3.8, 4) is 5.75 Å². The van der Waals surface area contributed by atoms with Gasteiger partial charge in [-0.3, -0.25) is 4.39 Å². The molecule has 0 aliphatic rings. The van der Waals surface area contributed by atoms with Crippen molar-refractivity contribution in [1.82, 2.24) is 0 Å². The van der Waals surface area contributed by atoms with E-state index in [1.165, 1.54) is 12.1 Å². The van der Waals surface area contributed by atoms with Crippen molar-refractivity contribution in [2.75, 3.05) is 13.3 Å². The fourth-order valence-corrected chi connectivity index (χ4v) is 1.63. The third kappa shape index (κ3) is 3.06. The van der Waals surface area contributed by atoms with Crippen LogP contribution in [0.15, 0.2) is 12.1 Å². The van der Waals surface area contributed by atoms with Crippen LogP contribution in [0.25, 0.3) is 0 Å². The zero-order valence-corrected chi connectivity index (χ0v) is 9.73. The number of alkyl halides is 1. The average molecular weight is 250 g/mol. The molecule has 0 saturated carbocycles. The van der Waals surface area contributed by atoms with Crippen LogP contribution >= 0.6 is 11.6 Å². The van der Waals surface area contributed by atoms with E-state index < -0.39 is 18.5 Å². The minimum Gasteiger partial charge on any atom is -0.489 e. The van der Waals surface area contributed by atoms with Gasteiger partial charge in [-0.2, -0.15) is 0 Å². The predicted octanol–water partition coefficient (Wildman–Crippen LogP) is 3.24. The van der Waals surface area contributed by atoms with E-state index >= 15 is 0 Å². The van der Waals surface area contributed by atoms with E-state index in [0.29, 0.717) is 12.2 Å². The van der Waals surface area contributed by atoms with E-state index in [9.17, 15) is 8.78 Å². The summed E-state index contributed by atoms with van der Waals surface area (Å²) in [5.41, 5.74) is 6.14. The van der Waals surface area contributed by atoms with Gasteiger partial charge in [0.15, 0.2) is 11.6 Å². The first-order valence-corrected chi connectivity index (χ1v) is 5.41. The molecule has 1 aromatic carbocycles. The van der Waals surface area contributed by atoms with Gasteiger partial charge in [-0.1, -0.05) is 11.6 Å². The number of rotatable bonds is 5. The van der Waals surface area contributed by atoms with Crippen molar-refractivity contribution >= 4 is 11.6 Å². The van der Waals surface area contributed by atoms with Crippen LogP contribution < -0.4 is 10.5 Å². The quantitative estimate of drug-likeness (QED) is 0.870. The first kappa shape index (κ1) is 13.2. The van der Waals surface area contributed by atoms with Crippen LogP contribution in [-0.2, 0) is 0 Å². The summed E-state index contributed by atoms with van der Waals surface area (Å²) in [6.07, 6.45) is 0.143. The predicted molar refractivity (Wildman–Crippen MR) is 60.1 cm³/mol. The van der Waals surface area contributed by atoms with Crippen molar-refractivity contribution < 1.29 is 13.5 Å². The maximum absolute atomic E-state index is 13.5. The summed E-state index contributed by atoms with van der Waals surface area (Å²) in [7, 11) is 0. The Morgan fingerprint density at radius 2 is 2.19 bits per heavy atom. The largest absolute Gasteiger partial charge is 0.489 e. The molecule has 2 N–H and O–H groups in total. The Kier molecular flexibility index (Phi) is 4.96. The highest BCUT2D eigenvalue weighted by Crippen LogP contribution is 2.31. The summed E-state index contributed by atoms with van der Waals surface area (Å²) in [6, 6.07) is 2.19. The Balaban J connectivity index is 2.99. The summed E-state index contributed by atoms with van der Waals surface area (Å²) in [6.45, 7) is 1.51. The van der Waals surface area contributed by atoms with Crippen molar-refractivity contribution in [1.29, 1.82) is 0 Å². The number of ether oxygens (including phenoxy) is 1. The normalized spacial score (nSPS) is 12.6. The topological polar surface area (TPSA) is 35.2 Å². The van der Waals surface area contributed by atoms with Gasteiger partial charge in [-0.25, -0.2) is 4.39 Å². The van der Waals surface area contributed by atoms with Crippen LogP contribution in [0.3, 0.4) is 0 Å². The fourth-order valence-electron chi connectivity index (χ4n) is 1.36. The van der Waals surface area contributed by atoms with Gasteiger partial charge in [0.1, 0.15) is 0 Å². The van der Waals surface area contributed by atoms with Crippen LogP contribution in [0.1, 0.15) is 24.9 Å². The van der Waals surface area contributed by atoms with Crippen LogP contribution in [-0.4, -0.2) is 13.3 Å². The van der Waals surface area contributed by atoms with Crippen molar-refractivity contribution in [3.63, 3.8) is 0 Å². The van der Waals surface area contributed by atoms with Gasteiger partial charge in [-0.15, -0.1) is 0 Å². The van der Waals surface area contributed by atoms with Gasteiger partial charge in [0.05, 0.1) is 18.3 Å². The monoisotopic (exact) mass is 249 g/mol. The molecule has 0 bridgehead atoms. The Morgan fingerprint density at radius 3 is 2.69 bits per heavy atom. The van der Waals surface area contributed by atoms with Crippen LogP contribution in [0.4, 0.5) is 8.78 Å². The molecule has 16 heavy (non-hydrogen) atoms. The molecule has 0 aliphatic heterocycles. The van der Waals surface area contributed by atoms with Gasteiger partial charge in [-0.05, 0) is 31.0 Å². The summed E-state index contributed by atoms with van der Waals surface area (Å²) in [4.78, 5) is 0. The van der Waals surface area contributed by atoms with Gasteiger partial charge < -0.3 is 10.5 Å². The highest BCUT2D eigenvalue weighted by Gasteiger charge is 2.14. The SMILES string of the molecule is CCOc1c(F)cc([C@H](N)CCF)cc1Cl. The van der Waals surface area contributed by atoms with Gasteiger partial charge in [0, 0.05) is 6.04 Å². The Morgan fingerprint density at radius 1 is 1.50 bits per heavy atom. The second-order valence-corrected chi connectivity index (χ2v) is 3.74. The molecule has 90 valence electrons. The second kappa shape index (κ2) is 6.01. The summed E-state index contributed by atoms with van der Waals surface area (Å²) < 4.78 is 30.7. The summed E-state index contributed by atoms with van der Waals surface area (Å²) in [5, 5.41) is 0.158. The molecule has 1 atom stereocenters. The molecular weight excluding hydrogens is 236 g/mol. The summed E-state index contributed by atoms with van der Waals surface area (Å²) in [5.74, 6) is -0.556. The van der Waals surface area contributed by atoms with Gasteiger partial charge in [0.25, 0.3) is 0 Å². The first-order valence-electron chi connectivity index (χ1n) is 5.03. The molecule has 0 aliphatic carbocycles. The lowest BCUT2D eigenvalue weighted by molar-refractivity contribution is 0.321. The Labute approximate surface area is 98.3 Å². The summed E-state index contributed by atoms with van der Waals surface area (Å²) >= 11 is 5.84. The molecule has 5 heteroatoms. The molecule has 0 amide bonds. The minimum atomic E-state index is -0.571. The number of benzene rings is 1. The van der Waals surface area contributed by atoms with Crippen LogP contribution in [0.5, 0.6) is 5.75 Å². The van der Waals surface area contributed by atoms with Crippen LogP contribution in [0, 0.1) is 5.82 Å². The van der Waals surface area contributed by atoms with Gasteiger partial charge in [0.2, 0.25) is 0 Å². The second-order valence-electron chi connectivity index (χ2n) is 3.33. The lowest BCUT2D eigenvalue weighted by atomic mass is 10.0. The lowest BCUT2D eigenvalue weighted by Gasteiger charge is -2.13. The van der Waals surface area contributed by atoms with Crippen LogP contribution in [0.2, 0.25) is 5.02 Å². The highest BCUT2D eigenvalue weighted by atomic mass is 35.5. The van der Waals surface area contributed by atoms with Crippen molar-refractivity contribution in [3.05, 3.63) is 28.5 Å². The molecule has 0 aromatic heterocycles. The lowest BCUT2D eigenvalue weighted by Crippen LogP contribution is -2.11. The number of hydrogen-bond acceptors (Lipinski definition) is 2. The average Bonchev–Trinajstić information content (AvgIpc) is 2.23. The van der Waals surface area contributed by atoms with Gasteiger partial charge >= 0.3 is 0 Å². The fraction of sp³-hybridized carbons (Fsp3) is 0.455. The molecule has 0 radical (unpaired) electrons. The first-order chi connectivity index (χ1) is 7.60. The molecule has 0 heterocycles. The zero-order chi connectivity index (χ0) is 12.1. The van der Waals surface area contributed by atoms with E-state index in [0.717, 1.165) is 0 Å². The maximum atomic E-state index is 13.5. The van der Waals surface area contributed by atoms with E-state index in [1.54, 1.807) is 6.92 Å². The number of nitrogens with two attached hydrogens (primary N) is 1. The minimum absolute atomic E-state index is 0.0142. The van der Waals surface area contributed by atoms with Crippen molar-refractivity contribution in [2.24, 2.45) is 5.73 Å². The molecule has 1 aromatic rings. The highest BCUT2D eigenvalue weighted by molar-refractivity contribution is 6.32.